The summed E-state index contributed by atoms with van der Waals surface area (Å²) in [7, 11) is 0. The molecule has 1 aliphatic rings. The number of nitrogens with one attached hydrogen (secondary N) is 1. The predicted molar refractivity (Wildman–Crippen MR) is 154 cm³/mol. The Labute approximate surface area is 246 Å². The number of alkyl halides is 3. The fourth-order valence-corrected chi connectivity index (χ4v) is 4.65. The molecule has 11 nitrogen and oxygen atoms in total. The fourth-order valence-electron chi connectivity index (χ4n) is 4.65. The molecule has 0 radical (unpaired) electrons. The molecule has 0 aromatic carbocycles. The molecule has 4 aromatic heterocycles. The molecular weight excluding hydrogens is 563 g/mol. The highest BCUT2D eigenvalue weighted by molar-refractivity contribution is 6.03. The molecule has 0 aliphatic carbocycles. The van der Waals surface area contributed by atoms with E-state index in [2.05, 4.69) is 40.4 Å². The molecule has 14 heteroatoms. The summed E-state index contributed by atoms with van der Waals surface area (Å²) >= 11 is 0. The Kier molecular flexibility index (Phi) is 8.97. The minimum absolute atomic E-state index is 0.230. The summed E-state index contributed by atoms with van der Waals surface area (Å²) in [6, 6.07) is 5.16. The second-order valence-electron chi connectivity index (χ2n) is 10.4. The van der Waals surface area contributed by atoms with E-state index in [1.807, 2.05) is 26.1 Å². The topological polar surface area (TPSA) is 114 Å². The summed E-state index contributed by atoms with van der Waals surface area (Å²) in [6.07, 6.45) is 3.29. The molecule has 0 saturated carbocycles. The van der Waals surface area contributed by atoms with Gasteiger partial charge in [0.1, 0.15) is 11.4 Å². The Balaban J connectivity index is 1.27. The van der Waals surface area contributed by atoms with E-state index in [4.69, 9.17) is 4.74 Å². The number of rotatable bonds is 9. The first-order valence-corrected chi connectivity index (χ1v) is 13.8. The van der Waals surface area contributed by atoms with Crippen LogP contribution < -0.4 is 10.2 Å². The van der Waals surface area contributed by atoms with Crippen molar-refractivity contribution in [3.8, 4) is 16.9 Å². The molecule has 1 amide bonds. The lowest BCUT2D eigenvalue weighted by Crippen LogP contribution is -2.47. The van der Waals surface area contributed by atoms with Gasteiger partial charge >= 0.3 is 6.18 Å². The molecule has 0 unspecified atom stereocenters. The van der Waals surface area contributed by atoms with E-state index in [9.17, 15) is 18.0 Å². The average molecular weight is 596 g/mol. The van der Waals surface area contributed by atoms with E-state index >= 15 is 0 Å². The number of anilines is 2. The highest BCUT2D eigenvalue weighted by atomic mass is 19.4. The van der Waals surface area contributed by atoms with E-state index in [0.717, 1.165) is 62.8 Å². The molecule has 4 aromatic rings. The Morgan fingerprint density at radius 2 is 1.86 bits per heavy atom. The Bertz CT molecular complexity index is 1570. The molecular formula is C29H32F3N9O2. The van der Waals surface area contributed by atoms with Crippen molar-refractivity contribution in [3.63, 3.8) is 0 Å². The minimum atomic E-state index is -4.59. The highest BCUT2D eigenvalue weighted by Gasteiger charge is 2.31. The lowest BCUT2D eigenvalue weighted by atomic mass is 10.2. The molecule has 1 aliphatic heterocycles. The summed E-state index contributed by atoms with van der Waals surface area (Å²) < 4.78 is 46.4. The van der Waals surface area contributed by atoms with E-state index < -0.39 is 17.6 Å². The number of halogens is 3. The van der Waals surface area contributed by atoms with Gasteiger partial charge < -0.3 is 15.0 Å². The molecule has 5 heterocycles. The summed E-state index contributed by atoms with van der Waals surface area (Å²) in [5.74, 6) is -0.797. The standard InChI is InChI=1S/C29H32F3N9O2/c1-19(2)43-11-10-39-6-8-40(9-7-39)24-12-21(15-33-17-24)26-18-41(38-37-26)27-14-23(16-35-20(27)3)36-28(42)25-13-22(4-5-34-25)29(30,31)32/h4-5,12-19H,6-11H2,1-3H3,(H,36,42). The normalized spacial score (nSPS) is 14.3. The van der Waals surface area contributed by atoms with Crippen LogP contribution in [-0.4, -0.2) is 86.2 Å². The third kappa shape index (κ3) is 7.51. The number of hydrogen-bond acceptors (Lipinski definition) is 9. The molecule has 5 rings (SSSR count). The Morgan fingerprint density at radius 3 is 2.60 bits per heavy atom. The van der Waals surface area contributed by atoms with Crippen molar-refractivity contribution < 1.29 is 22.7 Å². The number of nitrogens with zero attached hydrogens (tertiary/aromatic N) is 8. The number of piperazine rings is 1. The number of carbonyl (C=O) groups is 1. The SMILES string of the molecule is Cc1ncc(NC(=O)c2cc(C(F)(F)F)ccn2)cc1-n1cc(-c2cncc(N3CCN(CCOC(C)C)CC3)c2)nn1. The first kappa shape index (κ1) is 30.0. The highest BCUT2D eigenvalue weighted by Crippen LogP contribution is 2.29. The van der Waals surface area contributed by atoms with Gasteiger partial charge in [-0.05, 0) is 45.0 Å². The van der Waals surface area contributed by atoms with Gasteiger partial charge in [-0.3, -0.25) is 24.6 Å². The molecule has 1 fully saturated rings. The largest absolute Gasteiger partial charge is 0.416 e. The van der Waals surface area contributed by atoms with Crippen LogP contribution in [0.3, 0.4) is 0 Å². The first-order chi connectivity index (χ1) is 20.6. The summed E-state index contributed by atoms with van der Waals surface area (Å²) in [5, 5.41) is 11.1. The number of ether oxygens (including phenoxy) is 1. The van der Waals surface area contributed by atoms with Gasteiger partial charge in [0.25, 0.3) is 5.91 Å². The molecule has 0 bridgehead atoms. The van der Waals surface area contributed by atoms with Gasteiger partial charge in [-0.2, -0.15) is 13.2 Å². The average Bonchev–Trinajstić information content (AvgIpc) is 3.48. The second-order valence-corrected chi connectivity index (χ2v) is 10.4. The number of pyridine rings is 3. The van der Waals surface area contributed by atoms with Crippen LogP contribution in [0.25, 0.3) is 16.9 Å². The maximum absolute atomic E-state index is 13.1. The van der Waals surface area contributed by atoms with Crippen LogP contribution in [-0.2, 0) is 10.9 Å². The van der Waals surface area contributed by atoms with Crippen molar-refractivity contribution in [1.82, 2.24) is 34.8 Å². The summed E-state index contributed by atoms with van der Waals surface area (Å²) in [5.41, 5.74) is 2.47. The van der Waals surface area contributed by atoms with Gasteiger partial charge in [-0.1, -0.05) is 5.21 Å². The fraction of sp³-hybridized carbons (Fsp3) is 0.379. The van der Waals surface area contributed by atoms with Gasteiger partial charge in [0, 0.05) is 50.7 Å². The molecule has 1 N–H and O–H groups in total. The van der Waals surface area contributed by atoms with Crippen LogP contribution in [0.2, 0.25) is 0 Å². The zero-order valence-corrected chi connectivity index (χ0v) is 24.0. The van der Waals surface area contributed by atoms with Crippen LogP contribution in [0.1, 0.15) is 35.6 Å². The lowest BCUT2D eigenvalue weighted by molar-refractivity contribution is -0.137. The van der Waals surface area contributed by atoms with Gasteiger partial charge in [-0.25, -0.2) is 4.68 Å². The molecule has 0 spiro atoms. The van der Waals surface area contributed by atoms with Crippen molar-refractivity contribution in [3.05, 3.63) is 72.2 Å². The third-order valence-electron chi connectivity index (χ3n) is 6.99. The van der Waals surface area contributed by atoms with Crippen LogP contribution in [0.4, 0.5) is 24.5 Å². The maximum atomic E-state index is 13.1. The maximum Gasteiger partial charge on any atom is 0.416 e. The van der Waals surface area contributed by atoms with Crippen LogP contribution >= 0.6 is 0 Å². The second kappa shape index (κ2) is 12.8. The monoisotopic (exact) mass is 595 g/mol. The van der Waals surface area contributed by atoms with E-state index in [1.54, 1.807) is 25.4 Å². The smallest absolute Gasteiger partial charge is 0.377 e. The van der Waals surface area contributed by atoms with Crippen LogP contribution in [0.5, 0.6) is 0 Å². The van der Waals surface area contributed by atoms with Crippen LogP contribution in [0.15, 0.2) is 55.2 Å². The van der Waals surface area contributed by atoms with Gasteiger partial charge in [0.15, 0.2) is 0 Å². The summed E-state index contributed by atoms with van der Waals surface area (Å²) in [6.45, 7) is 11.1. The molecule has 43 heavy (non-hydrogen) atoms. The number of aryl methyl sites for hydroxylation is 1. The van der Waals surface area contributed by atoms with E-state index in [0.29, 0.717) is 23.1 Å². The first-order valence-electron chi connectivity index (χ1n) is 13.8. The zero-order chi connectivity index (χ0) is 30.6. The van der Waals surface area contributed by atoms with Crippen molar-refractivity contribution in [1.29, 1.82) is 0 Å². The number of carbonyl (C=O) groups excluding carboxylic acids is 1. The Morgan fingerprint density at radius 1 is 1.07 bits per heavy atom. The number of hydrogen-bond donors (Lipinski definition) is 1. The van der Waals surface area contributed by atoms with Gasteiger partial charge in [-0.15, -0.1) is 5.10 Å². The molecule has 226 valence electrons. The van der Waals surface area contributed by atoms with Gasteiger partial charge in [0.05, 0.1) is 59.6 Å². The van der Waals surface area contributed by atoms with E-state index in [-0.39, 0.29) is 17.5 Å². The van der Waals surface area contributed by atoms with Gasteiger partial charge in [0.2, 0.25) is 0 Å². The molecule has 1 saturated heterocycles. The predicted octanol–water partition coefficient (Wildman–Crippen LogP) is 4.25. The third-order valence-corrected chi connectivity index (χ3v) is 6.99. The van der Waals surface area contributed by atoms with Crippen molar-refractivity contribution in [2.75, 3.05) is 49.5 Å². The van der Waals surface area contributed by atoms with E-state index in [1.165, 1.54) is 10.9 Å². The zero-order valence-electron chi connectivity index (χ0n) is 24.0. The lowest BCUT2D eigenvalue weighted by Gasteiger charge is -2.36. The number of aromatic nitrogens is 6. The Hall–Kier alpha value is -4.43. The van der Waals surface area contributed by atoms with Crippen molar-refractivity contribution in [2.45, 2.75) is 33.1 Å². The quantitative estimate of drug-likeness (QED) is 0.303. The summed E-state index contributed by atoms with van der Waals surface area (Å²) in [4.78, 5) is 29.8. The minimum Gasteiger partial charge on any atom is -0.377 e. The van der Waals surface area contributed by atoms with Crippen molar-refractivity contribution >= 4 is 17.3 Å². The number of amides is 1. The molecule has 0 atom stereocenters. The van der Waals surface area contributed by atoms with Crippen LogP contribution in [0, 0.1) is 6.92 Å². The van der Waals surface area contributed by atoms with Crippen molar-refractivity contribution in [2.24, 2.45) is 0 Å².